The average Bonchev–Trinajstić information content (AvgIpc) is 2.64. The van der Waals surface area contributed by atoms with Gasteiger partial charge in [0, 0.05) is 23.6 Å². The number of amides is 2. The number of carbonyl (C=O) groups excluding carboxylic acids is 2. The normalized spacial score (nSPS) is 14.9. The first-order chi connectivity index (χ1) is 12.5. The highest BCUT2D eigenvalue weighted by Gasteiger charge is 2.25. The van der Waals surface area contributed by atoms with E-state index in [4.69, 9.17) is 0 Å². The fourth-order valence-electron chi connectivity index (χ4n) is 3.10. The molecule has 1 aliphatic rings. The Morgan fingerprint density at radius 2 is 1.73 bits per heavy atom. The van der Waals surface area contributed by atoms with Gasteiger partial charge in [0.1, 0.15) is 5.82 Å². The Morgan fingerprint density at radius 3 is 2.38 bits per heavy atom. The lowest BCUT2D eigenvalue weighted by atomic mass is 10.0. The first-order valence-electron chi connectivity index (χ1n) is 8.60. The van der Waals surface area contributed by atoms with E-state index in [1.54, 1.807) is 17.0 Å². The first kappa shape index (κ1) is 18.6. The standard InChI is InChI=1S/C20H20BrFN2O2/c21-15-7-5-14(6-8-15)13-19(25)23-16-9-11-24(12-10-16)20(26)17-3-1-2-4-18(17)22/h1-8,16H,9-13H2,(H,23,25). The van der Waals surface area contributed by atoms with Crippen LogP contribution in [0.5, 0.6) is 0 Å². The van der Waals surface area contributed by atoms with Crippen LogP contribution in [0.2, 0.25) is 0 Å². The van der Waals surface area contributed by atoms with E-state index in [1.807, 2.05) is 24.3 Å². The zero-order valence-electron chi connectivity index (χ0n) is 14.3. The van der Waals surface area contributed by atoms with Crippen molar-refractivity contribution in [3.63, 3.8) is 0 Å². The second-order valence-electron chi connectivity index (χ2n) is 6.42. The minimum Gasteiger partial charge on any atom is -0.353 e. The minimum atomic E-state index is -0.498. The predicted octanol–water partition coefficient (Wildman–Crippen LogP) is 3.55. The summed E-state index contributed by atoms with van der Waals surface area (Å²) in [7, 11) is 0. The van der Waals surface area contributed by atoms with E-state index >= 15 is 0 Å². The second-order valence-corrected chi connectivity index (χ2v) is 7.33. The fourth-order valence-corrected chi connectivity index (χ4v) is 3.36. The van der Waals surface area contributed by atoms with Crippen molar-refractivity contribution in [1.82, 2.24) is 10.2 Å². The molecular weight excluding hydrogens is 399 g/mol. The van der Waals surface area contributed by atoms with Crippen molar-refractivity contribution in [2.45, 2.75) is 25.3 Å². The summed E-state index contributed by atoms with van der Waals surface area (Å²) in [4.78, 5) is 26.3. The third-order valence-electron chi connectivity index (χ3n) is 4.53. The summed E-state index contributed by atoms with van der Waals surface area (Å²) in [5.41, 5.74) is 1.06. The van der Waals surface area contributed by atoms with Crippen LogP contribution in [0.1, 0.15) is 28.8 Å². The molecule has 0 spiro atoms. The van der Waals surface area contributed by atoms with Gasteiger partial charge in [-0.15, -0.1) is 0 Å². The van der Waals surface area contributed by atoms with Crippen LogP contribution in [0.25, 0.3) is 0 Å². The Kier molecular flexibility index (Phi) is 6.04. The molecule has 1 N–H and O–H groups in total. The molecule has 0 atom stereocenters. The first-order valence-corrected chi connectivity index (χ1v) is 9.40. The highest BCUT2D eigenvalue weighted by atomic mass is 79.9. The minimum absolute atomic E-state index is 0.0220. The molecule has 1 saturated heterocycles. The van der Waals surface area contributed by atoms with E-state index in [1.165, 1.54) is 12.1 Å². The Bertz CT molecular complexity index is 787. The van der Waals surface area contributed by atoms with Crippen molar-refractivity contribution >= 4 is 27.7 Å². The van der Waals surface area contributed by atoms with E-state index in [0.717, 1.165) is 10.0 Å². The van der Waals surface area contributed by atoms with Gasteiger partial charge in [0.05, 0.1) is 12.0 Å². The number of piperidine rings is 1. The maximum atomic E-state index is 13.8. The quantitative estimate of drug-likeness (QED) is 0.824. The largest absolute Gasteiger partial charge is 0.353 e. The number of hydrogen-bond donors (Lipinski definition) is 1. The summed E-state index contributed by atoms with van der Waals surface area (Å²) in [5.74, 6) is -0.809. The lowest BCUT2D eigenvalue weighted by molar-refractivity contribution is -0.121. The van der Waals surface area contributed by atoms with Gasteiger partial charge >= 0.3 is 0 Å². The number of benzene rings is 2. The predicted molar refractivity (Wildman–Crippen MR) is 101 cm³/mol. The second kappa shape index (κ2) is 8.45. The van der Waals surface area contributed by atoms with Crippen LogP contribution in [-0.2, 0) is 11.2 Å². The van der Waals surface area contributed by atoms with Gasteiger partial charge in [0.15, 0.2) is 0 Å². The molecule has 2 amide bonds. The van der Waals surface area contributed by atoms with Gasteiger partial charge < -0.3 is 10.2 Å². The fraction of sp³-hybridized carbons (Fsp3) is 0.300. The maximum Gasteiger partial charge on any atom is 0.256 e. The molecule has 1 fully saturated rings. The van der Waals surface area contributed by atoms with Crippen LogP contribution in [0.4, 0.5) is 4.39 Å². The van der Waals surface area contributed by atoms with Gasteiger partial charge in [-0.3, -0.25) is 9.59 Å². The molecule has 6 heteroatoms. The molecule has 0 aliphatic carbocycles. The smallest absolute Gasteiger partial charge is 0.256 e. The Hall–Kier alpha value is -2.21. The van der Waals surface area contributed by atoms with Crippen LogP contribution in [0, 0.1) is 5.82 Å². The summed E-state index contributed by atoms with van der Waals surface area (Å²) in [6.07, 6.45) is 1.68. The van der Waals surface area contributed by atoms with Crippen molar-refractivity contribution in [3.05, 3.63) is 69.9 Å². The molecule has 1 aliphatic heterocycles. The molecular formula is C20H20BrFN2O2. The molecule has 136 valence electrons. The number of halogens is 2. The van der Waals surface area contributed by atoms with Crippen molar-refractivity contribution in [2.75, 3.05) is 13.1 Å². The highest BCUT2D eigenvalue weighted by molar-refractivity contribution is 9.10. The Morgan fingerprint density at radius 1 is 1.08 bits per heavy atom. The van der Waals surface area contributed by atoms with Gasteiger partial charge in [0.25, 0.3) is 5.91 Å². The van der Waals surface area contributed by atoms with Crippen LogP contribution >= 0.6 is 15.9 Å². The SMILES string of the molecule is O=C(Cc1ccc(Br)cc1)NC1CCN(C(=O)c2ccccc2F)CC1. The average molecular weight is 419 g/mol. The molecule has 2 aromatic carbocycles. The molecule has 26 heavy (non-hydrogen) atoms. The Balaban J connectivity index is 1.49. The summed E-state index contributed by atoms with van der Waals surface area (Å²) in [6.45, 7) is 1.02. The van der Waals surface area contributed by atoms with E-state index in [0.29, 0.717) is 32.4 Å². The van der Waals surface area contributed by atoms with Crippen LogP contribution in [-0.4, -0.2) is 35.8 Å². The van der Waals surface area contributed by atoms with Gasteiger partial charge in [-0.05, 0) is 42.7 Å². The van der Waals surface area contributed by atoms with Crippen LogP contribution < -0.4 is 5.32 Å². The third-order valence-corrected chi connectivity index (χ3v) is 5.06. The van der Waals surface area contributed by atoms with Crippen molar-refractivity contribution in [3.8, 4) is 0 Å². The number of likely N-dealkylation sites (tertiary alicyclic amines) is 1. The van der Waals surface area contributed by atoms with Crippen molar-refractivity contribution in [1.29, 1.82) is 0 Å². The molecule has 1 heterocycles. The van der Waals surface area contributed by atoms with E-state index in [-0.39, 0.29) is 23.4 Å². The summed E-state index contributed by atoms with van der Waals surface area (Å²) < 4.78 is 14.7. The molecule has 0 radical (unpaired) electrons. The lowest BCUT2D eigenvalue weighted by Crippen LogP contribution is -2.47. The monoisotopic (exact) mass is 418 g/mol. The topological polar surface area (TPSA) is 49.4 Å². The Labute approximate surface area is 160 Å². The number of carbonyl (C=O) groups is 2. The van der Waals surface area contributed by atoms with Crippen LogP contribution in [0.3, 0.4) is 0 Å². The summed E-state index contributed by atoms with van der Waals surface area (Å²) in [5, 5.41) is 3.03. The molecule has 0 bridgehead atoms. The maximum absolute atomic E-state index is 13.8. The number of nitrogens with one attached hydrogen (secondary N) is 1. The molecule has 4 nitrogen and oxygen atoms in total. The van der Waals surface area contributed by atoms with Crippen LogP contribution in [0.15, 0.2) is 53.0 Å². The van der Waals surface area contributed by atoms with E-state index in [9.17, 15) is 14.0 Å². The lowest BCUT2D eigenvalue weighted by Gasteiger charge is -2.32. The molecule has 2 aromatic rings. The van der Waals surface area contributed by atoms with E-state index in [2.05, 4.69) is 21.2 Å². The van der Waals surface area contributed by atoms with Gasteiger partial charge in [-0.2, -0.15) is 0 Å². The molecule has 0 aromatic heterocycles. The molecule has 3 rings (SSSR count). The van der Waals surface area contributed by atoms with E-state index < -0.39 is 5.82 Å². The molecule has 0 saturated carbocycles. The molecule has 0 unspecified atom stereocenters. The number of rotatable bonds is 4. The third kappa shape index (κ3) is 4.69. The van der Waals surface area contributed by atoms with Gasteiger partial charge in [-0.1, -0.05) is 40.2 Å². The van der Waals surface area contributed by atoms with Crippen molar-refractivity contribution < 1.29 is 14.0 Å². The zero-order chi connectivity index (χ0) is 18.5. The van der Waals surface area contributed by atoms with Gasteiger partial charge in [0.2, 0.25) is 5.91 Å². The van der Waals surface area contributed by atoms with Crippen molar-refractivity contribution in [2.24, 2.45) is 0 Å². The highest BCUT2D eigenvalue weighted by Crippen LogP contribution is 2.16. The zero-order valence-corrected chi connectivity index (χ0v) is 15.8. The summed E-state index contributed by atoms with van der Waals surface area (Å²) >= 11 is 3.37. The number of nitrogens with zero attached hydrogens (tertiary/aromatic N) is 1. The van der Waals surface area contributed by atoms with Gasteiger partial charge in [-0.25, -0.2) is 4.39 Å². The summed E-state index contributed by atoms with van der Waals surface area (Å²) in [6, 6.07) is 13.7. The number of hydrogen-bond acceptors (Lipinski definition) is 2.